The molecule has 0 atom stereocenters. The van der Waals surface area contributed by atoms with E-state index in [1.54, 1.807) is 0 Å². The molecule has 1 aliphatic heterocycles. The Morgan fingerprint density at radius 3 is 2.74 bits per heavy atom. The molecule has 0 saturated carbocycles. The molecule has 19 heavy (non-hydrogen) atoms. The van der Waals surface area contributed by atoms with Crippen molar-refractivity contribution in [2.24, 2.45) is 0 Å². The molecule has 2 aromatic rings. The molecule has 1 fully saturated rings. The van der Waals surface area contributed by atoms with Crippen molar-refractivity contribution >= 4 is 11.5 Å². The summed E-state index contributed by atoms with van der Waals surface area (Å²) in [5.74, 6) is 1.04. The third kappa shape index (κ3) is 2.71. The standard InChI is InChI=1S/C14H21N5/c1-11-9-13(15-5-8-18-6-3-4-7-18)19-14(16-11)10-12(2)17-19/h9-10,15H,3-8H2,1-2H3. The Bertz CT molecular complexity index is 568. The van der Waals surface area contributed by atoms with Gasteiger partial charge in [0.1, 0.15) is 5.82 Å². The van der Waals surface area contributed by atoms with Crippen LogP contribution in [-0.2, 0) is 0 Å². The van der Waals surface area contributed by atoms with Gasteiger partial charge >= 0.3 is 0 Å². The topological polar surface area (TPSA) is 45.5 Å². The maximum absolute atomic E-state index is 4.49. The van der Waals surface area contributed by atoms with Gasteiger partial charge in [-0.05, 0) is 39.8 Å². The molecule has 0 radical (unpaired) electrons. The normalized spacial score (nSPS) is 16.3. The van der Waals surface area contributed by atoms with Gasteiger partial charge < -0.3 is 10.2 Å². The largest absolute Gasteiger partial charge is 0.369 e. The Kier molecular flexibility index (Phi) is 3.38. The summed E-state index contributed by atoms with van der Waals surface area (Å²) in [6, 6.07) is 4.07. The van der Waals surface area contributed by atoms with Gasteiger partial charge in [0.2, 0.25) is 0 Å². The molecule has 1 aliphatic rings. The van der Waals surface area contributed by atoms with Gasteiger partial charge in [0.05, 0.1) is 5.69 Å². The molecular formula is C14H21N5. The van der Waals surface area contributed by atoms with Crippen LogP contribution in [0.2, 0.25) is 0 Å². The van der Waals surface area contributed by atoms with E-state index in [0.717, 1.165) is 35.9 Å². The number of nitrogens with one attached hydrogen (secondary N) is 1. The Morgan fingerprint density at radius 2 is 1.95 bits per heavy atom. The van der Waals surface area contributed by atoms with Crippen LogP contribution in [0.25, 0.3) is 5.65 Å². The highest BCUT2D eigenvalue weighted by atomic mass is 15.3. The van der Waals surface area contributed by atoms with E-state index in [1.807, 2.05) is 24.4 Å². The van der Waals surface area contributed by atoms with Crippen LogP contribution in [0.15, 0.2) is 12.1 Å². The summed E-state index contributed by atoms with van der Waals surface area (Å²) in [7, 11) is 0. The zero-order valence-corrected chi connectivity index (χ0v) is 11.7. The van der Waals surface area contributed by atoms with Crippen LogP contribution in [-0.4, -0.2) is 45.7 Å². The Hall–Kier alpha value is -1.62. The van der Waals surface area contributed by atoms with Gasteiger partial charge in [-0.25, -0.2) is 4.98 Å². The van der Waals surface area contributed by atoms with E-state index in [0.29, 0.717) is 0 Å². The van der Waals surface area contributed by atoms with Crippen molar-refractivity contribution < 1.29 is 0 Å². The van der Waals surface area contributed by atoms with Gasteiger partial charge in [-0.15, -0.1) is 0 Å². The second-order valence-corrected chi connectivity index (χ2v) is 5.31. The molecule has 0 aliphatic carbocycles. The first kappa shape index (κ1) is 12.4. The number of fused-ring (bicyclic) bond motifs is 1. The smallest absolute Gasteiger partial charge is 0.157 e. The summed E-state index contributed by atoms with van der Waals surface area (Å²) >= 11 is 0. The Balaban J connectivity index is 1.72. The second kappa shape index (κ2) is 5.17. The lowest BCUT2D eigenvalue weighted by Gasteiger charge is -2.15. The van der Waals surface area contributed by atoms with E-state index < -0.39 is 0 Å². The van der Waals surface area contributed by atoms with E-state index >= 15 is 0 Å². The molecule has 0 unspecified atom stereocenters. The molecule has 102 valence electrons. The minimum Gasteiger partial charge on any atom is -0.369 e. The van der Waals surface area contributed by atoms with Crippen molar-refractivity contribution in [2.45, 2.75) is 26.7 Å². The van der Waals surface area contributed by atoms with Crippen molar-refractivity contribution in [3.63, 3.8) is 0 Å². The Morgan fingerprint density at radius 1 is 1.16 bits per heavy atom. The average molecular weight is 259 g/mol. The molecule has 1 N–H and O–H groups in total. The lowest BCUT2D eigenvalue weighted by molar-refractivity contribution is 0.352. The number of nitrogens with zero attached hydrogens (tertiary/aromatic N) is 4. The highest BCUT2D eigenvalue weighted by molar-refractivity contribution is 5.50. The number of anilines is 1. The van der Waals surface area contributed by atoms with Crippen molar-refractivity contribution in [3.8, 4) is 0 Å². The van der Waals surface area contributed by atoms with E-state index in [4.69, 9.17) is 0 Å². The lowest BCUT2D eigenvalue weighted by Crippen LogP contribution is -2.26. The van der Waals surface area contributed by atoms with Crippen LogP contribution in [0.5, 0.6) is 0 Å². The maximum atomic E-state index is 4.49. The zero-order chi connectivity index (χ0) is 13.2. The van der Waals surface area contributed by atoms with Crippen LogP contribution >= 0.6 is 0 Å². The molecule has 0 amide bonds. The molecule has 5 heteroatoms. The number of likely N-dealkylation sites (tertiary alicyclic amines) is 1. The highest BCUT2D eigenvalue weighted by Gasteiger charge is 2.11. The van der Waals surface area contributed by atoms with Gasteiger partial charge in [0.25, 0.3) is 0 Å². The highest BCUT2D eigenvalue weighted by Crippen LogP contribution is 2.13. The van der Waals surface area contributed by atoms with E-state index in [2.05, 4.69) is 26.4 Å². The number of aromatic nitrogens is 3. The molecule has 5 nitrogen and oxygen atoms in total. The SMILES string of the molecule is Cc1cc(NCCN2CCCC2)n2nc(C)cc2n1. The summed E-state index contributed by atoms with van der Waals surface area (Å²) < 4.78 is 1.90. The Labute approximate surface area is 113 Å². The first-order valence-corrected chi connectivity index (χ1v) is 7.02. The van der Waals surface area contributed by atoms with Gasteiger partial charge in [-0.1, -0.05) is 0 Å². The summed E-state index contributed by atoms with van der Waals surface area (Å²) in [6.45, 7) is 8.56. The number of hydrogen-bond donors (Lipinski definition) is 1. The number of hydrogen-bond acceptors (Lipinski definition) is 4. The van der Waals surface area contributed by atoms with Crippen LogP contribution in [0.1, 0.15) is 24.2 Å². The van der Waals surface area contributed by atoms with Crippen molar-refractivity contribution in [2.75, 3.05) is 31.5 Å². The van der Waals surface area contributed by atoms with E-state index in [-0.39, 0.29) is 0 Å². The quantitative estimate of drug-likeness (QED) is 0.910. The van der Waals surface area contributed by atoms with Gasteiger partial charge in [-0.3, -0.25) is 0 Å². The predicted molar refractivity (Wildman–Crippen MR) is 76.6 cm³/mol. The molecule has 2 aromatic heterocycles. The number of aryl methyl sites for hydroxylation is 2. The van der Waals surface area contributed by atoms with E-state index in [9.17, 15) is 0 Å². The summed E-state index contributed by atoms with van der Waals surface area (Å²) in [6.07, 6.45) is 2.69. The third-order valence-electron chi connectivity index (χ3n) is 3.61. The lowest BCUT2D eigenvalue weighted by atomic mass is 10.4. The molecule has 3 heterocycles. The second-order valence-electron chi connectivity index (χ2n) is 5.31. The van der Waals surface area contributed by atoms with Gasteiger partial charge in [0, 0.05) is 30.9 Å². The van der Waals surface area contributed by atoms with Crippen molar-refractivity contribution in [3.05, 3.63) is 23.5 Å². The fourth-order valence-electron chi connectivity index (χ4n) is 2.69. The van der Waals surface area contributed by atoms with Crippen molar-refractivity contribution in [1.82, 2.24) is 19.5 Å². The molecular weight excluding hydrogens is 238 g/mol. The minimum atomic E-state index is 0.918. The third-order valence-corrected chi connectivity index (χ3v) is 3.61. The predicted octanol–water partition coefficient (Wildman–Crippen LogP) is 1.85. The summed E-state index contributed by atoms with van der Waals surface area (Å²) in [5.41, 5.74) is 2.94. The summed E-state index contributed by atoms with van der Waals surface area (Å²) in [4.78, 5) is 7.00. The molecule has 3 rings (SSSR count). The van der Waals surface area contributed by atoms with Crippen molar-refractivity contribution in [1.29, 1.82) is 0 Å². The fraction of sp³-hybridized carbons (Fsp3) is 0.571. The molecule has 0 aromatic carbocycles. The summed E-state index contributed by atoms with van der Waals surface area (Å²) in [5, 5.41) is 7.97. The maximum Gasteiger partial charge on any atom is 0.157 e. The minimum absolute atomic E-state index is 0.918. The average Bonchev–Trinajstić information content (AvgIpc) is 2.97. The van der Waals surface area contributed by atoms with Gasteiger partial charge in [0.15, 0.2) is 5.65 Å². The molecule has 0 spiro atoms. The number of rotatable bonds is 4. The first-order valence-electron chi connectivity index (χ1n) is 7.02. The fourth-order valence-corrected chi connectivity index (χ4v) is 2.69. The van der Waals surface area contributed by atoms with Crippen LogP contribution in [0.3, 0.4) is 0 Å². The monoisotopic (exact) mass is 259 g/mol. The van der Waals surface area contributed by atoms with Gasteiger partial charge in [-0.2, -0.15) is 9.61 Å². The molecule has 1 saturated heterocycles. The first-order chi connectivity index (χ1) is 9.22. The van der Waals surface area contributed by atoms with Crippen LogP contribution < -0.4 is 5.32 Å². The van der Waals surface area contributed by atoms with Crippen LogP contribution in [0.4, 0.5) is 5.82 Å². The van der Waals surface area contributed by atoms with Crippen LogP contribution in [0, 0.1) is 13.8 Å². The van der Waals surface area contributed by atoms with E-state index in [1.165, 1.54) is 25.9 Å². The molecule has 0 bridgehead atoms. The zero-order valence-electron chi connectivity index (χ0n) is 11.7.